The molecule has 1 aliphatic heterocycles. The van der Waals surface area contributed by atoms with Crippen molar-refractivity contribution in [3.8, 4) is 0 Å². The number of hydrogen-bond acceptors (Lipinski definition) is 2. The lowest BCUT2D eigenvalue weighted by molar-refractivity contribution is -0.131. The molecule has 1 atom stereocenters. The zero-order valence-electron chi connectivity index (χ0n) is 11.4. The van der Waals surface area contributed by atoms with Crippen molar-refractivity contribution in [3.63, 3.8) is 0 Å². The molecule has 1 aliphatic rings. The van der Waals surface area contributed by atoms with Gasteiger partial charge in [0.2, 0.25) is 0 Å². The smallest absolute Gasteiger partial charge is 0.328 e. The van der Waals surface area contributed by atoms with Crippen LogP contribution in [-0.4, -0.2) is 35.1 Å². The average molecular weight is 274 g/mol. The molecule has 1 heterocycles. The van der Waals surface area contributed by atoms with E-state index in [0.717, 1.165) is 31.1 Å². The number of nitrogens with zero attached hydrogens (tertiary/aromatic N) is 1. The molecule has 2 N–H and O–H groups in total. The van der Waals surface area contributed by atoms with E-state index in [9.17, 15) is 9.59 Å². The molecular formula is C15H18N2O3. The molecule has 0 spiro atoms. The van der Waals surface area contributed by atoms with Crippen molar-refractivity contribution in [2.45, 2.75) is 13.3 Å². The van der Waals surface area contributed by atoms with Crippen molar-refractivity contribution in [1.82, 2.24) is 4.90 Å². The predicted molar refractivity (Wildman–Crippen MR) is 77.5 cm³/mol. The fourth-order valence-corrected chi connectivity index (χ4v) is 2.21. The molecule has 2 rings (SSSR count). The van der Waals surface area contributed by atoms with Crippen molar-refractivity contribution in [2.24, 2.45) is 5.92 Å². The van der Waals surface area contributed by atoms with Crippen molar-refractivity contribution in [2.75, 3.05) is 18.4 Å². The summed E-state index contributed by atoms with van der Waals surface area (Å²) in [6.07, 6.45) is 3.60. The van der Waals surface area contributed by atoms with Crippen molar-refractivity contribution >= 4 is 23.8 Å². The zero-order chi connectivity index (χ0) is 14.5. The molecule has 2 amide bonds. The standard InChI is InChI=1S/C15H18N2O3/c1-11-7-8-17(10-11)15(20)16-13-4-2-3-12(9-13)5-6-14(18)19/h2-6,9,11H,7-8,10H2,1H3,(H,16,20)(H,18,19)/b6-5+. The molecule has 5 heteroatoms. The van der Waals surface area contributed by atoms with E-state index in [1.807, 2.05) is 0 Å². The molecule has 20 heavy (non-hydrogen) atoms. The van der Waals surface area contributed by atoms with Crippen LogP contribution in [0.3, 0.4) is 0 Å². The number of rotatable bonds is 3. The van der Waals surface area contributed by atoms with Gasteiger partial charge >= 0.3 is 12.0 Å². The van der Waals surface area contributed by atoms with Crippen molar-refractivity contribution < 1.29 is 14.7 Å². The minimum Gasteiger partial charge on any atom is -0.478 e. The molecule has 106 valence electrons. The highest BCUT2D eigenvalue weighted by atomic mass is 16.4. The Labute approximate surface area is 117 Å². The third-order valence-electron chi connectivity index (χ3n) is 3.27. The van der Waals surface area contributed by atoms with E-state index in [1.54, 1.807) is 29.2 Å². The molecule has 0 radical (unpaired) electrons. The van der Waals surface area contributed by atoms with Crippen LogP contribution in [0.25, 0.3) is 6.08 Å². The van der Waals surface area contributed by atoms with Gasteiger partial charge in [-0.2, -0.15) is 0 Å². The van der Waals surface area contributed by atoms with E-state index in [1.165, 1.54) is 6.08 Å². The second-order valence-electron chi connectivity index (χ2n) is 5.07. The Morgan fingerprint density at radius 1 is 1.45 bits per heavy atom. The number of carboxylic acids is 1. The van der Waals surface area contributed by atoms with Crippen molar-refractivity contribution in [1.29, 1.82) is 0 Å². The number of urea groups is 1. The summed E-state index contributed by atoms with van der Waals surface area (Å²) in [4.78, 5) is 24.3. The average Bonchev–Trinajstić information content (AvgIpc) is 2.84. The Hall–Kier alpha value is -2.30. The number of aliphatic carboxylic acids is 1. The first-order valence-electron chi connectivity index (χ1n) is 6.61. The normalized spacial score (nSPS) is 18.4. The van der Waals surface area contributed by atoms with Crippen molar-refractivity contribution in [3.05, 3.63) is 35.9 Å². The first-order chi connectivity index (χ1) is 9.54. The maximum absolute atomic E-state index is 12.0. The third-order valence-corrected chi connectivity index (χ3v) is 3.27. The summed E-state index contributed by atoms with van der Waals surface area (Å²) in [5.74, 6) is -0.448. The maximum atomic E-state index is 12.0. The predicted octanol–water partition coefficient (Wildman–Crippen LogP) is 2.66. The lowest BCUT2D eigenvalue weighted by Gasteiger charge is -2.17. The molecular weight excluding hydrogens is 256 g/mol. The summed E-state index contributed by atoms with van der Waals surface area (Å²) in [5.41, 5.74) is 1.40. The molecule has 1 unspecified atom stereocenters. The summed E-state index contributed by atoms with van der Waals surface area (Å²) in [5, 5.41) is 11.4. The van der Waals surface area contributed by atoms with E-state index in [2.05, 4.69) is 12.2 Å². The fraction of sp³-hybridized carbons (Fsp3) is 0.333. The van der Waals surface area contributed by atoms with Crippen LogP contribution in [0.2, 0.25) is 0 Å². The van der Waals surface area contributed by atoms with Crippen LogP contribution < -0.4 is 5.32 Å². The van der Waals surface area contributed by atoms with E-state index >= 15 is 0 Å². The van der Waals surface area contributed by atoms with Gasteiger partial charge in [0, 0.05) is 24.9 Å². The number of anilines is 1. The Bertz CT molecular complexity index is 540. The minimum atomic E-state index is -0.995. The van der Waals surface area contributed by atoms with E-state index in [0.29, 0.717) is 11.6 Å². The Kier molecular flexibility index (Phi) is 4.40. The van der Waals surface area contributed by atoms with E-state index < -0.39 is 5.97 Å². The molecule has 1 aromatic carbocycles. The van der Waals surface area contributed by atoms with Crippen LogP contribution in [0.1, 0.15) is 18.9 Å². The molecule has 0 aromatic heterocycles. The SMILES string of the molecule is CC1CCN(C(=O)Nc2cccc(/C=C/C(=O)O)c2)C1. The van der Waals surface area contributed by atoms with E-state index in [4.69, 9.17) is 5.11 Å². The van der Waals surface area contributed by atoms with Gasteiger partial charge in [-0.15, -0.1) is 0 Å². The summed E-state index contributed by atoms with van der Waals surface area (Å²) >= 11 is 0. The highest BCUT2D eigenvalue weighted by molar-refractivity contribution is 5.90. The van der Waals surface area contributed by atoms with Gasteiger partial charge in [-0.05, 0) is 36.1 Å². The van der Waals surface area contributed by atoms with Gasteiger partial charge in [0.1, 0.15) is 0 Å². The van der Waals surface area contributed by atoms with Gasteiger partial charge in [-0.25, -0.2) is 9.59 Å². The largest absolute Gasteiger partial charge is 0.478 e. The summed E-state index contributed by atoms with van der Waals surface area (Å²) in [7, 11) is 0. The topological polar surface area (TPSA) is 69.6 Å². The summed E-state index contributed by atoms with van der Waals surface area (Å²) in [6.45, 7) is 3.70. The molecule has 1 aromatic rings. The van der Waals surface area contributed by atoms with Crippen LogP contribution in [0.4, 0.5) is 10.5 Å². The number of carboxylic acid groups (broad SMARTS) is 1. The molecule has 1 saturated heterocycles. The van der Waals surface area contributed by atoms with Gasteiger partial charge in [-0.1, -0.05) is 19.1 Å². The number of likely N-dealkylation sites (tertiary alicyclic amines) is 1. The molecule has 0 aliphatic carbocycles. The van der Waals surface area contributed by atoms with Crippen LogP contribution >= 0.6 is 0 Å². The maximum Gasteiger partial charge on any atom is 0.328 e. The number of carbonyl (C=O) groups excluding carboxylic acids is 1. The first kappa shape index (κ1) is 14.1. The van der Waals surface area contributed by atoms with Gasteiger partial charge in [0.05, 0.1) is 0 Å². The number of amides is 2. The van der Waals surface area contributed by atoms with Crippen LogP contribution in [0, 0.1) is 5.92 Å². The van der Waals surface area contributed by atoms with E-state index in [-0.39, 0.29) is 6.03 Å². The Balaban J connectivity index is 2.00. The monoisotopic (exact) mass is 274 g/mol. The first-order valence-corrected chi connectivity index (χ1v) is 6.61. The fourth-order valence-electron chi connectivity index (χ4n) is 2.21. The number of carbonyl (C=O) groups is 2. The Morgan fingerprint density at radius 2 is 2.25 bits per heavy atom. The van der Waals surface area contributed by atoms with Gasteiger partial charge in [0.25, 0.3) is 0 Å². The highest BCUT2D eigenvalue weighted by Crippen LogP contribution is 2.17. The third kappa shape index (κ3) is 3.85. The summed E-state index contributed by atoms with van der Waals surface area (Å²) in [6, 6.07) is 7.00. The van der Waals surface area contributed by atoms with Gasteiger partial charge < -0.3 is 15.3 Å². The second-order valence-corrected chi connectivity index (χ2v) is 5.07. The number of hydrogen-bond donors (Lipinski definition) is 2. The zero-order valence-corrected chi connectivity index (χ0v) is 11.4. The quantitative estimate of drug-likeness (QED) is 0.832. The van der Waals surface area contributed by atoms with Crippen LogP contribution in [0.5, 0.6) is 0 Å². The number of benzene rings is 1. The molecule has 1 fully saturated rings. The van der Waals surface area contributed by atoms with Gasteiger partial charge in [0.15, 0.2) is 0 Å². The van der Waals surface area contributed by atoms with Crippen LogP contribution in [-0.2, 0) is 4.79 Å². The number of nitrogens with one attached hydrogen (secondary N) is 1. The highest BCUT2D eigenvalue weighted by Gasteiger charge is 2.22. The lowest BCUT2D eigenvalue weighted by atomic mass is 10.2. The minimum absolute atomic E-state index is 0.103. The lowest BCUT2D eigenvalue weighted by Crippen LogP contribution is -2.32. The molecule has 0 bridgehead atoms. The van der Waals surface area contributed by atoms with Crippen LogP contribution in [0.15, 0.2) is 30.3 Å². The second kappa shape index (κ2) is 6.23. The molecule has 5 nitrogen and oxygen atoms in total. The summed E-state index contributed by atoms with van der Waals surface area (Å²) < 4.78 is 0. The molecule has 0 saturated carbocycles. The Morgan fingerprint density at radius 3 is 2.90 bits per heavy atom. The van der Waals surface area contributed by atoms with Gasteiger partial charge in [-0.3, -0.25) is 0 Å².